The topological polar surface area (TPSA) is 192 Å². The van der Waals surface area contributed by atoms with Crippen molar-refractivity contribution in [2.45, 2.75) is 84.7 Å². The van der Waals surface area contributed by atoms with Gasteiger partial charge in [0.2, 0.25) is 17.7 Å². The summed E-state index contributed by atoms with van der Waals surface area (Å²) in [6.45, 7) is 9.26. The maximum atomic E-state index is 12.8. The molecule has 31 heavy (non-hydrogen) atoms. The Labute approximate surface area is 184 Å². The summed E-state index contributed by atoms with van der Waals surface area (Å²) in [6, 6.07) is -2.61. The highest BCUT2D eigenvalue weighted by Gasteiger charge is 2.29. The molecule has 11 nitrogen and oxygen atoms in total. The standard InChI is InChI=1S/C20H40N6O5/c1-11(2)9-15(24-13(5)27)17(28)26-16(10-12(3)4)18(29)25-14(19(30)31)7-6-8-23-20(21)22/h11-12,14-16,19,30-31H,6-10H2,1-5H3,(H,24,27)(H,25,29)(H,26,28)(H4,21,22,23)/t14-,15-,16-/m0/s1. The van der Waals surface area contributed by atoms with E-state index in [-0.39, 0.29) is 36.7 Å². The predicted octanol–water partition coefficient (Wildman–Crippen LogP) is -1.08. The third-order valence-electron chi connectivity index (χ3n) is 4.40. The third kappa shape index (κ3) is 13.5. The predicted molar refractivity (Wildman–Crippen MR) is 119 cm³/mol. The number of aliphatic hydroxyl groups excluding tert-OH is 1. The van der Waals surface area contributed by atoms with Gasteiger partial charge in [0.15, 0.2) is 12.2 Å². The van der Waals surface area contributed by atoms with E-state index in [0.717, 1.165) is 0 Å². The minimum absolute atomic E-state index is 0.0695. The van der Waals surface area contributed by atoms with Crippen LogP contribution in [0.4, 0.5) is 0 Å². The lowest BCUT2D eigenvalue weighted by molar-refractivity contribution is -0.134. The molecular formula is C20H40N6O5. The van der Waals surface area contributed by atoms with Gasteiger partial charge in [0, 0.05) is 13.5 Å². The van der Waals surface area contributed by atoms with Crippen LogP contribution < -0.4 is 27.4 Å². The van der Waals surface area contributed by atoms with Crippen LogP contribution in [0, 0.1) is 11.8 Å². The summed E-state index contributed by atoms with van der Waals surface area (Å²) < 4.78 is 0. The summed E-state index contributed by atoms with van der Waals surface area (Å²) in [6.07, 6.45) is -0.379. The quantitative estimate of drug-likeness (QED) is 0.0766. The molecular weight excluding hydrogens is 404 g/mol. The minimum Gasteiger partial charge on any atom is -0.370 e. The van der Waals surface area contributed by atoms with E-state index in [1.807, 2.05) is 27.7 Å². The van der Waals surface area contributed by atoms with Crippen LogP contribution in [0.5, 0.6) is 0 Å². The number of nitrogens with zero attached hydrogens (tertiary/aromatic N) is 1. The number of guanidine groups is 1. The normalized spacial score (nSPS) is 14.1. The smallest absolute Gasteiger partial charge is 0.243 e. The second kappa shape index (κ2) is 14.6. The third-order valence-corrected chi connectivity index (χ3v) is 4.40. The van der Waals surface area contributed by atoms with Crippen molar-refractivity contribution in [3.8, 4) is 0 Å². The Kier molecular flexibility index (Phi) is 13.4. The molecule has 0 rings (SSSR count). The Hall–Kier alpha value is -2.40. The van der Waals surface area contributed by atoms with Gasteiger partial charge in [-0.25, -0.2) is 0 Å². The molecule has 0 bridgehead atoms. The zero-order valence-corrected chi connectivity index (χ0v) is 19.2. The molecule has 11 heteroatoms. The number of hydrogen-bond donors (Lipinski definition) is 7. The van der Waals surface area contributed by atoms with Crippen molar-refractivity contribution in [3.05, 3.63) is 0 Å². The van der Waals surface area contributed by atoms with E-state index in [2.05, 4.69) is 20.9 Å². The molecule has 180 valence electrons. The first kappa shape index (κ1) is 28.6. The molecule has 0 fully saturated rings. The fourth-order valence-corrected chi connectivity index (χ4v) is 3.02. The fourth-order valence-electron chi connectivity index (χ4n) is 3.02. The average molecular weight is 445 g/mol. The molecule has 9 N–H and O–H groups in total. The molecule has 0 aromatic carbocycles. The van der Waals surface area contributed by atoms with Gasteiger partial charge in [-0.05, 0) is 37.5 Å². The molecule has 0 saturated carbocycles. The summed E-state index contributed by atoms with van der Waals surface area (Å²) in [7, 11) is 0. The van der Waals surface area contributed by atoms with Crippen molar-refractivity contribution in [3.63, 3.8) is 0 Å². The molecule has 0 aliphatic rings. The number of nitrogens with two attached hydrogens (primary N) is 2. The number of carbonyl (C=O) groups excluding carboxylic acids is 3. The van der Waals surface area contributed by atoms with Crippen LogP contribution >= 0.6 is 0 Å². The van der Waals surface area contributed by atoms with Gasteiger partial charge in [-0.3, -0.25) is 19.4 Å². The van der Waals surface area contributed by atoms with E-state index in [1.54, 1.807) is 0 Å². The second-order valence-electron chi connectivity index (χ2n) is 8.55. The maximum Gasteiger partial charge on any atom is 0.243 e. The summed E-state index contributed by atoms with van der Waals surface area (Å²) >= 11 is 0. The number of hydrogen-bond acceptors (Lipinski definition) is 6. The molecule has 0 saturated heterocycles. The van der Waals surface area contributed by atoms with Gasteiger partial charge in [0.25, 0.3) is 0 Å². The first-order valence-corrected chi connectivity index (χ1v) is 10.6. The van der Waals surface area contributed by atoms with Crippen LogP contribution in [0.25, 0.3) is 0 Å². The van der Waals surface area contributed by atoms with Gasteiger partial charge in [0.05, 0.1) is 6.04 Å². The first-order chi connectivity index (χ1) is 14.3. The van der Waals surface area contributed by atoms with Crippen molar-refractivity contribution in [2.24, 2.45) is 28.3 Å². The molecule has 0 aromatic heterocycles. The first-order valence-electron chi connectivity index (χ1n) is 10.6. The number of rotatable bonds is 14. The van der Waals surface area contributed by atoms with Crippen LogP contribution in [0.1, 0.15) is 60.3 Å². The number of aliphatic imine (C=N–C) groups is 1. The summed E-state index contributed by atoms with van der Waals surface area (Å²) in [5, 5.41) is 27.1. The molecule has 0 spiro atoms. The molecule has 3 amide bonds. The fraction of sp³-hybridized carbons (Fsp3) is 0.800. The molecule has 0 heterocycles. The van der Waals surface area contributed by atoms with Gasteiger partial charge < -0.3 is 37.6 Å². The Balaban J connectivity index is 5.23. The van der Waals surface area contributed by atoms with Crippen molar-refractivity contribution >= 4 is 23.7 Å². The molecule has 0 aliphatic carbocycles. The van der Waals surface area contributed by atoms with E-state index >= 15 is 0 Å². The molecule has 3 atom stereocenters. The number of carbonyl (C=O) groups is 3. The second-order valence-corrected chi connectivity index (χ2v) is 8.55. The Morgan fingerprint density at radius 3 is 1.77 bits per heavy atom. The highest BCUT2D eigenvalue weighted by atomic mass is 16.5. The van der Waals surface area contributed by atoms with Gasteiger partial charge in [-0.2, -0.15) is 0 Å². The zero-order valence-electron chi connectivity index (χ0n) is 19.2. The number of nitrogens with one attached hydrogen (secondary N) is 3. The molecule has 0 aliphatic heterocycles. The average Bonchev–Trinajstić information content (AvgIpc) is 2.61. The maximum absolute atomic E-state index is 12.8. The van der Waals surface area contributed by atoms with E-state index < -0.39 is 36.2 Å². The van der Waals surface area contributed by atoms with Crippen molar-refractivity contribution < 1.29 is 24.6 Å². The molecule has 0 radical (unpaired) electrons. The lowest BCUT2D eigenvalue weighted by Gasteiger charge is -2.27. The van der Waals surface area contributed by atoms with Crippen molar-refractivity contribution in [2.75, 3.05) is 6.54 Å². The number of amides is 3. The summed E-state index contributed by atoms with van der Waals surface area (Å²) in [5.74, 6) is -1.17. The Bertz CT molecular complexity index is 605. The SMILES string of the molecule is CC(=O)N[C@@H](CC(C)C)C(=O)N[C@@H](CC(C)C)C(=O)N[C@@H](CCCN=C(N)N)C(O)O. The lowest BCUT2D eigenvalue weighted by atomic mass is 9.99. The van der Waals surface area contributed by atoms with E-state index in [4.69, 9.17) is 11.5 Å². The zero-order chi connectivity index (χ0) is 24.1. The van der Waals surface area contributed by atoms with Crippen LogP contribution in [-0.2, 0) is 14.4 Å². The lowest BCUT2D eigenvalue weighted by Crippen LogP contribution is -2.56. The number of aliphatic hydroxyl groups is 2. The summed E-state index contributed by atoms with van der Waals surface area (Å²) in [5.41, 5.74) is 10.5. The van der Waals surface area contributed by atoms with Gasteiger partial charge in [-0.15, -0.1) is 0 Å². The highest BCUT2D eigenvalue weighted by molar-refractivity contribution is 5.91. The largest absolute Gasteiger partial charge is 0.370 e. The van der Waals surface area contributed by atoms with Crippen LogP contribution in [0.2, 0.25) is 0 Å². The van der Waals surface area contributed by atoms with Crippen LogP contribution in [-0.4, -0.2) is 64.9 Å². The molecule has 0 aromatic rings. The summed E-state index contributed by atoms with van der Waals surface area (Å²) in [4.78, 5) is 40.9. The van der Waals surface area contributed by atoms with Crippen molar-refractivity contribution in [1.29, 1.82) is 0 Å². The molecule has 0 unspecified atom stereocenters. The van der Waals surface area contributed by atoms with E-state index in [1.165, 1.54) is 6.92 Å². The van der Waals surface area contributed by atoms with E-state index in [9.17, 15) is 24.6 Å². The highest BCUT2D eigenvalue weighted by Crippen LogP contribution is 2.10. The Morgan fingerprint density at radius 2 is 1.35 bits per heavy atom. The van der Waals surface area contributed by atoms with Gasteiger partial charge >= 0.3 is 0 Å². The van der Waals surface area contributed by atoms with Crippen molar-refractivity contribution in [1.82, 2.24) is 16.0 Å². The monoisotopic (exact) mass is 444 g/mol. The van der Waals surface area contributed by atoms with Gasteiger partial charge in [0.1, 0.15) is 12.1 Å². The van der Waals surface area contributed by atoms with Gasteiger partial charge in [-0.1, -0.05) is 27.7 Å². The minimum atomic E-state index is -1.79. The Morgan fingerprint density at radius 1 is 0.871 bits per heavy atom. The van der Waals surface area contributed by atoms with Crippen LogP contribution in [0.3, 0.4) is 0 Å². The van der Waals surface area contributed by atoms with Crippen LogP contribution in [0.15, 0.2) is 4.99 Å². The van der Waals surface area contributed by atoms with E-state index in [0.29, 0.717) is 19.3 Å².